The van der Waals surface area contributed by atoms with Crippen LogP contribution in [0.25, 0.3) is 0 Å². The van der Waals surface area contributed by atoms with E-state index in [9.17, 15) is 19.2 Å². The molecular formula is C14H15N5O4. The maximum Gasteiger partial charge on any atom is 0.328 e. The molecule has 2 saturated heterocycles. The number of piperazine rings is 1. The van der Waals surface area contributed by atoms with Crippen LogP contribution in [0.4, 0.5) is 4.79 Å². The minimum Gasteiger partial charge on any atom is -0.368 e. The summed E-state index contributed by atoms with van der Waals surface area (Å²) in [6, 6.07) is 1.99. The number of hydrogen-bond acceptors (Lipinski definition) is 5. The SMILES string of the molecule is NC(=O)CN1C(=O)[C@@H]2CN(C(=O)c3cccnc3)CCN2C1=O. The van der Waals surface area contributed by atoms with E-state index in [0.717, 1.165) is 4.90 Å². The van der Waals surface area contributed by atoms with Gasteiger partial charge in [0.25, 0.3) is 11.8 Å². The maximum absolute atomic E-state index is 12.4. The second kappa shape index (κ2) is 5.67. The lowest BCUT2D eigenvalue weighted by molar-refractivity contribution is -0.132. The average molecular weight is 317 g/mol. The van der Waals surface area contributed by atoms with Crippen molar-refractivity contribution in [2.45, 2.75) is 6.04 Å². The van der Waals surface area contributed by atoms with Crippen molar-refractivity contribution in [2.24, 2.45) is 5.73 Å². The highest BCUT2D eigenvalue weighted by molar-refractivity contribution is 6.07. The standard InChI is InChI=1S/C14H15N5O4/c15-11(20)8-19-13(22)10-7-17(4-5-18(10)14(19)23)12(21)9-2-1-3-16-6-9/h1-3,6,10H,4-5,7-8H2,(H2,15,20)/t10-/m0/s1. The summed E-state index contributed by atoms with van der Waals surface area (Å²) in [7, 11) is 0. The van der Waals surface area contributed by atoms with Crippen molar-refractivity contribution >= 4 is 23.8 Å². The number of nitrogens with two attached hydrogens (primary N) is 1. The summed E-state index contributed by atoms with van der Waals surface area (Å²) < 4.78 is 0. The molecule has 1 atom stereocenters. The largest absolute Gasteiger partial charge is 0.368 e. The van der Waals surface area contributed by atoms with Gasteiger partial charge in [0.1, 0.15) is 12.6 Å². The molecule has 3 rings (SSSR count). The van der Waals surface area contributed by atoms with Crippen LogP contribution in [-0.4, -0.2) is 75.7 Å². The fraction of sp³-hybridized carbons (Fsp3) is 0.357. The third-order valence-electron chi connectivity index (χ3n) is 3.92. The van der Waals surface area contributed by atoms with Gasteiger partial charge in [0.05, 0.1) is 12.1 Å². The summed E-state index contributed by atoms with van der Waals surface area (Å²) in [6.45, 7) is 0.193. The summed E-state index contributed by atoms with van der Waals surface area (Å²) >= 11 is 0. The lowest BCUT2D eigenvalue weighted by atomic mass is 10.1. The van der Waals surface area contributed by atoms with E-state index in [1.54, 1.807) is 18.3 Å². The van der Waals surface area contributed by atoms with Crippen molar-refractivity contribution < 1.29 is 19.2 Å². The molecule has 23 heavy (non-hydrogen) atoms. The molecule has 1 aromatic rings. The number of amides is 5. The predicted octanol–water partition coefficient (Wildman–Crippen LogP) is -1.34. The van der Waals surface area contributed by atoms with Crippen LogP contribution in [0, 0.1) is 0 Å². The summed E-state index contributed by atoms with van der Waals surface area (Å²) in [4.78, 5) is 55.5. The Morgan fingerprint density at radius 2 is 2.09 bits per heavy atom. The number of imide groups is 1. The second-order valence-electron chi connectivity index (χ2n) is 5.38. The van der Waals surface area contributed by atoms with Crippen molar-refractivity contribution in [1.82, 2.24) is 19.7 Å². The van der Waals surface area contributed by atoms with Gasteiger partial charge in [-0.2, -0.15) is 0 Å². The van der Waals surface area contributed by atoms with Crippen molar-refractivity contribution in [3.05, 3.63) is 30.1 Å². The Morgan fingerprint density at radius 3 is 2.74 bits per heavy atom. The second-order valence-corrected chi connectivity index (χ2v) is 5.38. The molecule has 0 bridgehead atoms. The van der Waals surface area contributed by atoms with Gasteiger partial charge < -0.3 is 15.5 Å². The molecule has 0 aliphatic carbocycles. The van der Waals surface area contributed by atoms with Gasteiger partial charge in [-0.25, -0.2) is 4.79 Å². The lowest BCUT2D eigenvalue weighted by Gasteiger charge is -2.35. The molecule has 0 radical (unpaired) electrons. The predicted molar refractivity (Wildman–Crippen MR) is 76.9 cm³/mol. The molecule has 5 amide bonds. The maximum atomic E-state index is 12.4. The Bertz CT molecular complexity index is 677. The number of pyridine rings is 1. The third-order valence-corrected chi connectivity index (χ3v) is 3.92. The van der Waals surface area contributed by atoms with Crippen LogP contribution in [0.1, 0.15) is 10.4 Å². The normalized spacial score (nSPS) is 20.7. The van der Waals surface area contributed by atoms with Crippen molar-refractivity contribution in [1.29, 1.82) is 0 Å². The lowest BCUT2D eigenvalue weighted by Crippen LogP contribution is -2.54. The zero-order valence-electron chi connectivity index (χ0n) is 12.2. The Hall–Kier alpha value is -2.97. The van der Waals surface area contributed by atoms with Crippen LogP contribution >= 0.6 is 0 Å². The number of carbonyl (C=O) groups excluding carboxylic acids is 4. The highest BCUT2D eigenvalue weighted by atomic mass is 16.2. The molecule has 2 aliphatic rings. The summed E-state index contributed by atoms with van der Waals surface area (Å²) in [5.41, 5.74) is 5.49. The van der Waals surface area contributed by atoms with Crippen LogP contribution in [0.2, 0.25) is 0 Å². The highest BCUT2D eigenvalue weighted by Gasteiger charge is 2.48. The fourth-order valence-electron chi connectivity index (χ4n) is 2.81. The van der Waals surface area contributed by atoms with E-state index in [2.05, 4.69) is 4.98 Å². The Morgan fingerprint density at radius 1 is 1.30 bits per heavy atom. The third kappa shape index (κ3) is 2.60. The summed E-state index contributed by atoms with van der Waals surface area (Å²) in [5, 5.41) is 0. The fourth-order valence-corrected chi connectivity index (χ4v) is 2.81. The topological polar surface area (TPSA) is 117 Å². The molecule has 0 unspecified atom stereocenters. The number of fused-ring (bicyclic) bond motifs is 1. The molecule has 0 spiro atoms. The Balaban J connectivity index is 1.76. The Kier molecular flexibility index (Phi) is 3.68. The van der Waals surface area contributed by atoms with Crippen molar-refractivity contribution in [2.75, 3.05) is 26.2 Å². The van der Waals surface area contributed by atoms with E-state index in [1.807, 2.05) is 0 Å². The zero-order chi connectivity index (χ0) is 16.6. The molecule has 2 aliphatic heterocycles. The summed E-state index contributed by atoms with van der Waals surface area (Å²) in [5.74, 6) is -1.50. The molecule has 9 nitrogen and oxygen atoms in total. The van der Waals surface area contributed by atoms with Gasteiger partial charge in [-0.1, -0.05) is 0 Å². The molecular weight excluding hydrogens is 302 g/mol. The smallest absolute Gasteiger partial charge is 0.328 e. The molecule has 2 fully saturated rings. The van der Waals surface area contributed by atoms with Gasteiger partial charge >= 0.3 is 6.03 Å². The number of aromatic nitrogens is 1. The number of carbonyl (C=O) groups is 4. The van der Waals surface area contributed by atoms with Gasteiger partial charge in [0.15, 0.2) is 0 Å². The molecule has 0 saturated carbocycles. The van der Waals surface area contributed by atoms with Crippen LogP contribution < -0.4 is 5.73 Å². The van der Waals surface area contributed by atoms with E-state index in [0.29, 0.717) is 12.1 Å². The molecule has 3 heterocycles. The van der Waals surface area contributed by atoms with E-state index in [1.165, 1.54) is 16.0 Å². The zero-order valence-corrected chi connectivity index (χ0v) is 12.2. The van der Waals surface area contributed by atoms with Crippen molar-refractivity contribution in [3.8, 4) is 0 Å². The number of urea groups is 1. The molecule has 0 aromatic carbocycles. The van der Waals surface area contributed by atoms with E-state index in [4.69, 9.17) is 5.73 Å². The first-order valence-corrected chi connectivity index (χ1v) is 7.08. The number of hydrogen-bond donors (Lipinski definition) is 1. The van der Waals surface area contributed by atoms with Crippen LogP contribution in [0.5, 0.6) is 0 Å². The quantitative estimate of drug-likeness (QED) is 0.692. The average Bonchev–Trinajstić information content (AvgIpc) is 2.79. The first-order chi connectivity index (χ1) is 11.0. The Labute approximate surface area is 131 Å². The molecule has 1 aromatic heterocycles. The minimum absolute atomic E-state index is 0.0908. The number of primary amides is 1. The van der Waals surface area contributed by atoms with E-state index in [-0.39, 0.29) is 19.0 Å². The highest BCUT2D eigenvalue weighted by Crippen LogP contribution is 2.22. The first kappa shape index (κ1) is 14.9. The van der Waals surface area contributed by atoms with Gasteiger partial charge in [0.2, 0.25) is 5.91 Å². The number of nitrogens with zero attached hydrogens (tertiary/aromatic N) is 4. The molecule has 2 N–H and O–H groups in total. The molecule has 120 valence electrons. The van der Waals surface area contributed by atoms with Gasteiger partial charge in [-0.3, -0.25) is 24.3 Å². The van der Waals surface area contributed by atoms with E-state index >= 15 is 0 Å². The molecule has 9 heteroatoms. The van der Waals surface area contributed by atoms with E-state index < -0.39 is 30.4 Å². The minimum atomic E-state index is -0.767. The number of rotatable bonds is 3. The van der Waals surface area contributed by atoms with Crippen LogP contribution in [0.3, 0.4) is 0 Å². The van der Waals surface area contributed by atoms with Crippen molar-refractivity contribution in [3.63, 3.8) is 0 Å². The first-order valence-electron chi connectivity index (χ1n) is 7.08. The van der Waals surface area contributed by atoms with Crippen LogP contribution in [0.15, 0.2) is 24.5 Å². The van der Waals surface area contributed by atoms with Crippen LogP contribution in [-0.2, 0) is 9.59 Å². The van der Waals surface area contributed by atoms with Gasteiger partial charge in [0, 0.05) is 25.5 Å². The van der Waals surface area contributed by atoms with Gasteiger partial charge in [-0.05, 0) is 12.1 Å². The van der Waals surface area contributed by atoms with Gasteiger partial charge in [-0.15, -0.1) is 0 Å². The monoisotopic (exact) mass is 317 g/mol. The summed E-state index contributed by atoms with van der Waals surface area (Å²) in [6.07, 6.45) is 3.02.